The van der Waals surface area contributed by atoms with E-state index in [0.717, 1.165) is 6.42 Å². The smallest absolute Gasteiger partial charge is 0.309 e. The van der Waals surface area contributed by atoms with E-state index in [1.165, 1.54) is 25.5 Å². The molecule has 180 valence electrons. The second kappa shape index (κ2) is 12.4. The highest BCUT2D eigenvalue weighted by molar-refractivity contribution is 5.73. The molecule has 0 aliphatic rings. The number of hydrogen-bond acceptors (Lipinski definition) is 8. The monoisotopic (exact) mass is 470 g/mol. The van der Waals surface area contributed by atoms with Gasteiger partial charge in [0.05, 0.1) is 26.7 Å². The van der Waals surface area contributed by atoms with Crippen LogP contribution in [0.5, 0.6) is 11.5 Å². The third-order valence-corrected chi connectivity index (χ3v) is 4.54. The van der Waals surface area contributed by atoms with E-state index in [9.17, 15) is 9.18 Å². The van der Waals surface area contributed by atoms with Crippen molar-refractivity contribution in [1.29, 1.82) is 0 Å². The standard InChI is InChI=1S/C25H27FN2O6/c1-4-10-33-27-23(24-15-22(28-34-24)18-6-8-19(26)9-7-18)16-32-21-12-17(13-25(29)30-3)11-20(14-21)31-5-2/h6-9,11-12,14-16,27H,4-5,10,13H2,1-3H3. The number of nitrogens with zero attached hydrogens (tertiary/aromatic N) is 1. The van der Waals surface area contributed by atoms with Crippen LogP contribution in [0.15, 0.2) is 59.3 Å². The van der Waals surface area contributed by atoms with Crippen LogP contribution in [0, 0.1) is 5.82 Å². The molecule has 3 aromatic rings. The molecule has 0 saturated carbocycles. The van der Waals surface area contributed by atoms with E-state index in [-0.39, 0.29) is 18.2 Å². The zero-order valence-electron chi connectivity index (χ0n) is 19.3. The second-order valence-electron chi connectivity index (χ2n) is 7.18. The molecule has 0 atom stereocenters. The van der Waals surface area contributed by atoms with Crippen LogP contribution < -0.4 is 15.0 Å². The Morgan fingerprint density at radius 2 is 1.88 bits per heavy atom. The number of ether oxygens (including phenoxy) is 3. The van der Waals surface area contributed by atoms with E-state index in [1.54, 1.807) is 36.4 Å². The summed E-state index contributed by atoms with van der Waals surface area (Å²) >= 11 is 0. The highest BCUT2D eigenvalue weighted by Gasteiger charge is 2.13. The zero-order chi connectivity index (χ0) is 24.3. The van der Waals surface area contributed by atoms with Gasteiger partial charge in [0, 0.05) is 17.7 Å². The molecule has 9 heteroatoms. The third kappa shape index (κ3) is 7.08. The first kappa shape index (κ1) is 24.8. The first-order valence-corrected chi connectivity index (χ1v) is 10.8. The number of hydroxylamine groups is 1. The molecule has 2 aromatic carbocycles. The van der Waals surface area contributed by atoms with E-state index >= 15 is 0 Å². The van der Waals surface area contributed by atoms with Crippen LogP contribution >= 0.6 is 0 Å². The fraction of sp³-hybridized carbons (Fsp3) is 0.280. The van der Waals surface area contributed by atoms with Crippen LogP contribution in [-0.2, 0) is 20.8 Å². The predicted octanol–water partition coefficient (Wildman–Crippen LogP) is 4.90. The minimum absolute atomic E-state index is 0.0747. The Labute approximate surface area is 197 Å². The van der Waals surface area contributed by atoms with Crippen molar-refractivity contribution < 1.29 is 32.8 Å². The van der Waals surface area contributed by atoms with Crippen molar-refractivity contribution >= 4 is 11.7 Å². The molecule has 0 radical (unpaired) electrons. The van der Waals surface area contributed by atoms with Crippen molar-refractivity contribution in [2.75, 3.05) is 20.3 Å². The molecule has 0 fully saturated rings. The molecule has 0 amide bonds. The summed E-state index contributed by atoms with van der Waals surface area (Å²) in [5.41, 5.74) is 5.09. The number of esters is 1. The normalized spacial score (nSPS) is 11.2. The first-order chi connectivity index (χ1) is 16.5. The molecule has 0 aliphatic heterocycles. The van der Waals surface area contributed by atoms with Crippen LogP contribution in [0.1, 0.15) is 31.6 Å². The van der Waals surface area contributed by atoms with E-state index in [4.69, 9.17) is 23.6 Å². The van der Waals surface area contributed by atoms with Crippen LogP contribution in [0.3, 0.4) is 0 Å². The highest BCUT2D eigenvalue weighted by atomic mass is 19.1. The quantitative estimate of drug-likeness (QED) is 0.173. The minimum Gasteiger partial charge on any atom is -0.494 e. The molecule has 8 nitrogen and oxygen atoms in total. The van der Waals surface area contributed by atoms with Gasteiger partial charge in [-0.15, -0.1) is 0 Å². The van der Waals surface area contributed by atoms with Crippen molar-refractivity contribution in [1.82, 2.24) is 10.6 Å². The van der Waals surface area contributed by atoms with Gasteiger partial charge < -0.3 is 18.7 Å². The largest absolute Gasteiger partial charge is 0.494 e. The molecule has 1 N–H and O–H groups in total. The molecule has 1 heterocycles. The lowest BCUT2D eigenvalue weighted by atomic mass is 10.1. The topological polar surface area (TPSA) is 92.1 Å². The Kier molecular flexibility index (Phi) is 9.04. The van der Waals surface area contributed by atoms with Gasteiger partial charge in [-0.1, -0.05) is 12.1 Å². The Bertz CT molecular complexity index is 1110. The number of halogens is 1. The number of benzene rings is 2. The predicted molar refractivity (Wildman–Crippen MR) is 123 cm³/mol. The average molecular weight is 470 g/mol. The summed E-state index contributed by atoms with van der Waals surface area (Å²) in [4.78, 5) is 17.2. The number of nitrogens with one attached hydrogen (secondary N) is 1. The maximum Gasteiger partial charge on any atom is 0.309 e. The van der Waals surface area contributed by atoms with Crippen LogP contribution in [-0.4, -0.2) is 31.4 Å². The lowest BCUT2D eigenvalue weighted by molar-refractivity contribution is -0.139. The summed E-state index contributed by atoms with van der Waals surface area (Å²) < 4.78 is 34.9. The fourth-order valence-electron chi connectivity index (χ4n) is 2.94. The van der Waals surface area contributed by atoms with Gasteiger partial charge in [-0.2, -0.15) is 0 Å². The van der Waals surface area contributed by atoms with E-state index < -0.39 is 0 Å². The van der Waals surface area contributed by atoms with Gasteiger partial charge in [0.1, 0.15) is 35.0 Å². The van der Waals surface area contributed by atoms with Crippen molar-refractivity contribution in [3.8, 4) is 22.8 Å². The van der Waals surface area contributed by atoms with E-state index in [1.807, 2.05) is 13.8 Å². The van der Waals surface area contributed by atoms with Gasteiger partial charge in [-0.05, 0) is 55.3 Å². The number of hydrogen-bond donors (Lipinski definition) is 1. The van der Waals surface area contributed by atoms with Gasteiger partial charge in [0.25, 0.3) is 0 Å². The summed E-state index contributed by atoms with van der Waals surface area (Å²) in [5, 5.41) is 4.05. The molecule has 0 aliphatic carbocycles. The molecular formula is C25H27FN2O6. The molecule has 1 aromatic heterocycles. The maximum atomic E-state index is 13.2. The summed E-state index contributed by atoms with van der Waals surface area (Å²) in [5.74, 6) is 0.642. The van der Waals surface area contributed by atoms with Crippen LogP contribution in [0.2, 0.25) is 0 Å². The van der Waals surface area contributed by atoms with E-state index in [0.29, 0.717) is 53.0 Å². The summed E-state index contributed by atoms with van der Waals surface area (Å²) in [6.45, 7) is 4.76. The van der Waals surface area contributed by atoms with Crippen molar-refractivity contribution in [3.63, 3.8) is 0 Å². The molecule has 0 saturated heterocycles. The molecule has 0 unspecified atom stereocenters. The molecule has 3 rings (SSSR count). The lowest BCUT2D eigenvalue weighted by Gasteiger charge is -2.11. The SMILES string of the molecule is CCCONC(=COc1cc(CC(=O)OC)cc(OCC)c1)c1cc(-c2ccc(F)cc2)no1. The second-order valence-corrected chi connectivity index (χ2v) is 7.18. The minimum atomic E-state index is -0.375. The summed E-state index contributed by atoms with van der Waals surface area (Å²) in [6.07, 6.45) is 2.29. The average Bonchev–Trinajstić information content (AvgIpc) is 3.32. The van der Waals surface area contributed by atoms with Gasteiger partial charge in [-0.25, -0.2) is 4.39 Å². The van der Waals surface area contributed by atoms with Gasteiger partial charge in [-0.3, -0.25) is 15.1 Å². The van der Waals surface area contributed by atoms with Crippen molar-refractivity contribution in [2.45, 2.75) is 26.7 Å². The number of carbonyl (C=O) groups is 1. The number of methoxy groups -OCH3 is 1. The van der Waals surface area contributed by atoms with Crippen LogP contribution in [0.25, 0.3) is 17.0 Å². The maximum absolute atomic E-state index is 13.2. The number of rotatable bonds is 12. The number of aromatic nitrogens is 1. The summed E-state index contributed by atoms with van der Waals surface area (Å²) in [7, 11) is 1.33. The van der Waals surface area contributed by atoms with Gasteiger partial charge >= 0.3 is 5.97 Å². The highest BCUT2D eigenvalue weighted by Crippen LogP contribution is 2.26. The van der Waals surface area contributed by atoms with Gasteiger partial charge in [0.15, 0.2) is 5.76 Å². The lowest BCUT2D eigenvalue weighted by Crippen LogP contribution is -2.14. The summed E-state index contributed by atoms with van der Waals surface area (Å²) in [6, 6.07) is 12.8. The van der Waals surface area contributed by atoms with E-state index in [2.05, 4.69) is 10.6 Å². The Morgan fingerprint density at radius 3 is 2.59 bits per heavy atom. The van der Waals surface area contributed by atoms with Crippen molar-refractivity contribution in [2.24, 2.45) is 0 Å². The van der Waals surface area contributed by atoms with Crippen molar-refractivity contribution in [3.05, 3.63) is 71.9 Å². The first-order valence-electron chi connectivity index (χ1n) is 10.8. The Balaban J connectivity index is 1.86. The number of carbonyl (C=O) groups excluding carboxylic acids is 1. The Morgan fingerprint density at radius 1 is 1.12 bits per heavy atom. The molecular weight excluding hydrogens is 443 g/mol. The van der Waals surface area contributed by atoms with Gasteiger partial charge in [0.2, 0.25) is 0 Å². The zero-order valence-corrected chi connectivity index (χ0v) is 19.3. The van der Waals surface area contributed by atoms with Crippen LogP contribution in [0.4, 0.5) is 4.39 Å². The molecule has 0 bridgehead atoms. The fourth-order valence-corrected chi connectivity index (χ4v) is 2.94. The Hall–Kier alpha value is -3.85. The molecule has 34 heavy (non-hydrogen) atoms. The molecule has 0 spiro atoms. The third-order valence-electron chi connectivity index (χ3n) is 4.54.